The Morgan fingerprint density at radius 1 is 0.896 bits per heavy atom. The topological polar surface area (TPSA) is 171 Å². The van der Waals surface area contributed by atoms with Gasteiger partial charge in [0, 0.05) is 20.1 Å². The van der Waals surface area contributed by atoms with Crippen molar-refractivity contribution in [2.45, 2.75) is 69.7 Å². The van der Waals surface area contributed by atoms with Gasteiger partial charge in [0.25, 0.3) is 0 Å². The van der Waals surface area contributed by atoms with Gasteiger partial charge < -0.3 is 30.9 Å². The molecule has 0 spiro atoms. The summed E-state index contributed by atoms with van der Waals surface area (Å²) in [7, 11) is 1.53. The van der Waals surface area contributed by atoms with E-state index in [-0.39, 0.29) is 24.7 Å². The summed E-state index contributed by atoms with van der Waals surface area (Å²) < 4.78 is 42.8. The van der Waals surface area contributed by atoms with Crippen LogP contribution in [0, 0.1) is 0 Å². The van der Waals surface area contributed by atoms with Crippen molar-refractivity contribution in [3.8, 4) is 0 Å². The van der Waals surface area contributed by atoms with Gasteiger partial charge in [-0.1, -0.05) is 65.9 Å². The molecule has 5 N–H and O–H groups in total. The number of hydrogen-bond acceptors (Lipinski definition) is 11. The molecule has 48 heavy (non-hydrogen) atoms. The number of aliphatic hydroxyl groups is 2. The second-order valence-electron chi connectivity index (χ2n) is 10.9. The number of anilines is 2. The average molecular weight is 688 g/mol. The van der Waals surface area contributed by atoms with Crippen molar-refractivity contribution in [1.82, 2.24) is 25.7 Å². The molecule has 0 aliphatic carbocycles. The Kier molecular flexibility index (Phi) is 13.3. The van der Waals surface area contributed by atoms with E-state index in [2.05, 4.69) is 36.3 Å². The van der Waals surface area contributed by atoms with Crippen LogP contribution in [0.1, 0.15) is 52.8 Å². The molecule has 0 saturated carbocycles. The van der Waals surface area contributed by atoms with Crippen LogP contribution in [0.2, 0.25) is 0 Å². The molecule has 12 nitrogen and oxygen atoms in total. The van der Waals surface area contributed by atoms with Crippen molar-refractivity contribution in [2.75, 3.05) is 17.7 Å². The number of unbranched alkanes of at least 4 members (excludes halogenated alkanes) is 1. The molecule has 3 atom stereocenters. The fourth-order valence-electron chi connectivity index (χ4n) is 4.63. The molecule has 2 amide bonds. The lowest BCUT2D eigenvalue weighted by molar-refractivity contribution is -0.205. The van der Waals surface area contributed by atoms with Crippen LogP contribution in [0.3, 0.4) is 0 Å². The van der Waals surface area contributed by atoms with Crippen LogP contribution < -0.4 is 16.0 Å². The van der Waals surface area contributed by atoms with E-state index >= 15 is 0 Å². The maximum Gasteiger partial charge on any atom is 0.414 e. The van der Waals surface area contributed by atoms with Crippen LogP contribution in [0.5, 0.6) is 0 Å². The maximum absolute atomic E-state index is 12.6. The molecule has 0 aliphatic rings. The molecule has 0 aliphatic heterocycles. The minimum atomic E-state index is -4.87. The molecule has 0 bridgehead atoms. The summed E-state index contributed by atoms with van der Waals surface area (Å²) >= 11 is 1.37. The lowest BCUT2D eigenvalue weighted by atomic mass is 10.1. The summed E-state index contributed by atoms with van der Waals surface area (Å²) in [4.78, 5) is 24.3. The van der Waals surface area contributed by atoms with Gasteiger partial charge in [0.05, 0.1) is 18.5 Å². The predicted molar refractivity (Wildman–Crippen MR) is 172 cm³/mol. The van der Waals surface area contributed by atoms with Crippen LogP contribution >= 0.6 is 11.3 Å². The highest BCUT2D eigenvalue weighted by molar-refractivity contribution is 7.15. The zero-order chi connectivity index (χ0) is 34.5. The smallest absolute Gasteiger partial charge is 0.383 e. The summed E-state index contributed by atoms with van der Waals surface area (Å²) in [6, 6.07) is 19.5. The van der Waals surface area contributed by atoms with E-state index in [1.807, 2.05) is 30.3 Å². The number of benzene rings is 2. The molecular weight excluding hydrogens is 651 g/mol. The highest BCUT2D eigenvalue weighted by atomic mass is 32.1. The van der Waals surface area contributed by atoms with Crippen molar-refractivity contribution in [3.05, 3.63) is 94.1 Å². The van der Waals surface area contributed by atoms with E-state index in [0.29, 0.717) is 29.1 Å². The van der Waals surface area contributed by atoms with Gasteiger partial charge in [0.1, 0.15) is 11.1 Å². The molecule has 0 radical (unpaired) electrons. The monoisotopic (exact) mass is 687 g/mol. The van der Waals surface area contributed by atoms with E-state index in [1.54, 1.807) is 36.4 Å². The summed E-state index contributed by atoms with van der Waals surface area (Å²) in [5.41, 5.74) is 2.81. The minimum absolute atomic E-state index is 0.000196. The van der Waals surface area contributed by atoms with Gasteiger partial charge in [-0.3, -0.25) is 9.59 Å². The number of nitrogens with zero attached hydrogens (tertiary/aromatic N) is 4. The Balaban J connectivity index is 1.15. The van der Waals surface area contributed by atoms with Crippen LogP contribution in [-0.2, 0) is 40.1 Å². The number of carbonyl (C=O) groups is 2. The highest BCUT2D eigenvalue weighted by Gasteiger charge is 2.39. The Morgan fingerprint density at radius 2 is 1.65 bits per heavy atom. The zero-order valence-electron chi connectivity index (χ0n) is 26.0. The number of alkyl halides is 3. The lowest BCUT2D eigenvalue weighted by Gasteiger charge is -2.22. The summed E-state index contributed by atoms with van der Waals surface area (Å²) in [5, 5.41) is 45.6. The van der Waals surface area contributed by atoms with Gasteiger partial charge in [-0.15, -0.1) is 15.3 Å². The predicted octanol–water partition coefficient (Wildman–Crippen LogP) is 4.12. The quantitative estimate of drug-likeness (QED) is 0.0804. The van der Waals surface area contributed by atoms with E-state index < -0.39 is 36.9 Å². The fraction of sp³-hybridized carbons (Fsp3) is 0.375. The summed E-state index contributed by atoms with van der Waals surface area (Å²) in [6.45, 7) is -0.0562. The van der Waals surface area contributed by atoms with E-state index in [0.717, 1.165) is 29.1 Å². The van der Waals surface area contributed by atoms with Crippen LogP contribution in [0.25, 0.3) is 0 Å². The SMILES string of the molecule is COC(c1ccccc1)C(O)Nc1nnc(CCCCc2ccc(NC(=O)Cc3cccc(CNC(=O)CC(O)C(F)(F)F)c3)nn2)s1. The number of carbonyl (C=O) groups excluding carboxylic acids is 2. The zero-order valence-corrected chi connectivity index (χ0v) is 26.8. The Morgan fingerprint density at radius 3 is 2.35 bits per heavy atom. The number of amides is 2. The van der Waals surface area contributed by atoms with Gasteiger partial charge in [-0.25, -0.2) is 0 Å². The number of aryl methyl sites for hydroxylation is 2. The third kappa shape index (κ3) is 11.6. The third-order valence-electron chi connectivity index (χ3n) is 7.07. The van der Waals surface area contributed by atoms with Gasteiger partial charge in [0.15, 0.2) is 18.1 Å². The number of halogens is 3. The average Bonchev–Trinajstić information content (AvgIpc) is 3.50. The lowest BCUT2D eigenvalue weighted by Crippen LogP contribution is -2.35. The molecule has 3 unspecified atom stereocenters. The highest BCUT2D eigenvalue weighted by Crippen LogP contribution is 2.25. The molecule has 0 fully saturated rings. The van der Waals surface area contributed by atoms with Crippen LogP contribution in [-0.4, -0.2) is 68.0 Å². The molecule has 2 aromatic heterocycles. The first-order valence-corrected chi connectivity index (χ1v) is 15.9. The van der Waals surface area contributed by atoms with Crippen molar-refractivity contribution >= 4 is 34.1 Å². The van der Waals surface area contributed by atoms with Gasteiger partial charge in [-0.05, 0) is 48.1 Å². The van der Waals surface area contributed by atoms with Gasteiger partial charge in [0.2, 0.25) is 16.9 Å². The first-order chi connectivity index (χ1) is 23.0. The first kappa shape index (κ1) is 36.3. The minimum Gasteiger partial charge on any atom is -0.383 e. The number of hydrogen-bond donors (Lipinski definition) is 5. The third-order valence-corrected chi connectivity index (χ3v) is 7.98. The standard InChI is InChI=1S/C32H36F3N7O5S/c1-47-29(22-10-3-2-4-11-22)30(46)38-31-42-41-28(48-31)13-6-5-12-23-14-15-25(40-39-23)37-27(45)17-20-8-7-9-21(16-20)19-36-26(44)18-24(43)32(33,34)35/h2-4,7-11,14-16,24,29-30,43,46H,5-6,12-13,17-19H2,1H3,(H,36,44)(H,38,42)(H,37,40,45). The molecule has 2 aromatic carbocycles. The molecule has 0 saturated heterocycles. The molecular formula is C32H36F3N7O5S. The summed E-state index contributed by atoms with van der Waals surface area (Å²) in [6.07, 6.45) is -7.21. The van der Waals surface area contributed by atoms with E-state index in [4.69, 9.17) is 9.84 Å². The number of aliphatic hydroxyl groups excluding tert-OH is 2. The van der Waals surface area contributed by atoms with Crippen molar-refractivity contribution < 1.29 is 37.7 Å². The fourth-order valence-corrected chi connectivity index (χ4v) is 5.45. The van der Waals surface area contributed by atoms with Crippen molar-refractivity contribution in [1.29, 1.82) is 0 Å². The number of rotatable bonds is 17. The molecule has 16 heteroatoms. The maximum atomic E-state index is 12.6. The van der Waals surface area contributed by atoms with Crippen LogP contribution in [0.15, 0.2) is 66.7 Å². The number of aromatic nitrogens is 4. The van der Waals surface area contributed by atoms with Crippen LogP contribution in [0.4, 0.5) is 24.1 Å². The molecule has 4 aromatic rings. The largest absolute Gasteiger partial charge is 0.414 e. The normalized spacial score (nSPS) is 13.4. The second kappa shape index (κ2) is 17.6. The number of methoxy groups -OCH3 is 1. The first-order valence-electron chi connectivity index (χ1n) is 15.1. The molecule has 4 rings (SSSR count). The Hall–Kier alpha value is -4.51. The summed E-state index contributed by atoms with van der Waals surface area (Å²) in [5.74, 6) is -1.00. The van der Waals surface area contributed by atoms with Gasteiger partial charge >= 0.3 is 6.18 Å². The Labute approximate surface area is 278 Å². The van der Waals surface area contributed by atoms with E-state index in [1.165, 1.54) is 18.4 Å². The van der Waals surface area contributed by atoms with E-state index in [9.17, 15) is 27.9 Å². The van der Waals surface area contributed by atoms with Crippen molar-refractivity contribution in [3.63, 3.8) is 0 Å². The Bertz CT molecular complexity index is 1610. The number of ether oxygens (including phenoxy) is 1. The second-order valence-corrected chi connectivity index (χ2v) is 11.9. The number of nitrogens with one attached hydrogen (secondary N) is 3. The van der Waals surface area contributed by atoms with Gasteiger partial charge in [-0.2, -0.15) is 18.3 Å². The molecule has 2 heterocycles. The van der Waals surface area contributed by atoms with Crippen molar-refractivity contribution in [2.24, 2.45) is 0 Å². The molecule has 256 valence electrons.